The molecular weight excluding hydrogens is 182 g/mol. The van der Waals surface area contributed by atoms with Crippen molar-refractivity contribution < 1.29 is 0 Å². The van der Waals surface area contributed by atoms with Gasteiger partial charge in [0.1, 0.15) is 0 Å². The molecule has 0 aromatic heterocycles. The Balaban J connectivity index is 2.55. The minimum Gasteiger partial charge on any atom is -0.325 e. The Morgan fingerprint density at radius 3 is 1.87 bits per heavy atom. The summed E-state index contributed by atoms with van der Waals surface area (Å²) in [6.45, 7) is 11.7. The lowest BCUT2D eigenvalue weighted by atomic mass is 9.69. The first kappa shape index (κ1) is 13.0. The van der Waals surface area contributed by atoms with Crippen LogP contribution >= 0.6 is 0 Å². The van der Waals surface area contributed by atoms with Gasteiger partial charge in [0.2, 0.25) is 0 Å². The fourth-order valence-corrected chi connectivity index (χ4v) is 3.71. The molecule has 1 aliphatic rings. The Morgan fingerprint density at radius 1 is 1.00 bits per heavy atom. The molecule has 1 saturated carbocycles. The summed E-state index contributed by atoms with van der Waals surface area (Å²) < 4.78 is 0. The monoisotopic (exact) mass is 211 g/mol. The Bertz CT molecular complexity index is 204. The molecule has 0 amide bonds. The van der Waals surface area contributed by atoms with Crippen LogP contribution in [-0.2, 0) is 0 Å². The molecule has 1 nitrogen and oxygen atoms in total. The van der Waals surface area contributed by atoms with Gasteiger partial charge in [-0.1, -0.05) is 47.5 Å². The van der Waals surface area contributed by atoms with Crippen molar-refractivity contribution in [3.05, 3.63) is 0 Å². The predicted molar refractivity (Wildman–Crippen MR) is 67.9 cm³/mol. The van der Waals surface area contributed by atoms with Crippen molar-refractivity contribution in [1.82, 2.24) is 0 Å². The van der Waals surface area contributed by atoms with E-state index in [1.165, 1.54) is 38.5 Å². The zero-order valence-corrected chi connectivity index (χ0v) is 11.3. The molecule has 0 aromatic rings. The molecule has 1 aliphatic carbocycles. The number of nitrogens with two attached hydrogens (primary N) is 1. The summed E-state index contributed by atoms with van der Waals surface area (Å²) in [7, 11) is 0. The first-order valence-corrected chi connectivity index (χ1v) is 6.41. The van der Waals surface area contributed by atoms with Gasteiger partial charge in [-0.05, 0) is 36.5 Å². The summed E-state index contributed by atoms with van der Waals surface area (Å²) in [5.41, 5.74) is 7.41. The highest BCUT2D eigenvalue weighted by Crippen LogP contribution is 2.42. The first-order chi connectivity index (χ1) is 6.62. The molecule has 90 valence electrons. The molecular formula is C14H29N. The molecule has 0 bridgehead atoms. The molecule has 1 rings (SSSR count). The van der Waals surface area contributed by atoms with Crippen molar-refractivity contribution in [2.24, 2.45) is 16.6 Å². The van der Waals surface area contributed by atoms with E-state index < -0.39 is 0 Å². The predicted octanol–water partition coefficient (Wildman–Crippen LogP) is 4.11. The van der Waals surface area contributed by atoms with Crippen molar-refractivity contribution in [2.45, 2.75) is 78.7 Å². The van der Waals surface area contributed by atoms with Crippen LogP contribution in [0.1, 0.15) is 73.1 Å². The van der Waals surface area contributed by atoms with Gasteiger partial charge in [0, 0.05) is 5.54 Å². The van der Waals surface area contributed by atoms with E-state index in [1.54, 1.807) is 0 Å². The van der Waals surface area contributed by atoms with Crippen LogP contribution in [0.4, 0.5) is 0 Å². The maximum Gasteiger partial charge on any atom is 0.0159 e. The van der Waals surface area contributed by atoms with Gasteiger partial charge in [0.05, 0.1) is 0 Å². The van der Waals surface area contributed by atoms with Crippen LogP contribution in [-0.4, -0.2) is 5.54 Å². The summed E-state index contributed by atoms with van der Waals surface area (Å²) in [4.78, 5) is 0. The number of rotatable bonds is 3. The Kier molecular flexibility index (Phi) is 3.55. The highest BCUT2D eigenvalue weighted by atomic mass is 14.8. The second kappa shape index (κ2) is 4.08. The SMILES string of the molecule is CC(C)(C)CC(C)(C)CC1(N)CCCC1. The Hall–Kier alpha value is -0.0400. The molecule has 1 fully saturated rings. The summed E-state index contributed by atoms with van der Waals surface area (Å²) >= 11 is 0. The van der Waals surface area contributed by atoms with Gasteiger partial charge < -0.3 is 5.73 Å². The number of hydrogen-bond donors (Lipinski definition) is 1. The second-order valence-electron chi connectivity index (χ2n) is 7.65. The van der Waals surface area contributed by atoms with Crippen LogP contribution in [0.3, 0.4) is 0 Å². The van der Waals surface area contributed by atoms with Gasteiger partial charge in [-0.2, -0.15) is 0 Å². The van der Waals surface area contributed by atoms with E-state index in [0.717, 1.165) is 0 Å². The quantitative estimate of drug-likeness (QED) is 0.747. The van der Waals surface area contributed by atoms with Crippen molar-refractivity contribution in [1.29, 1.82) is 0 Å². The van der Waals surface area contributed by atoms with E-state index in [0.29, 0.717) is 10.8 Å². The van der Waals surface area contributed by atoms with E-state index in [9.17, 15) is 0 Å². The van der Waals surface area contributed by atoms with Gasteiger partial charge >= 0.3 is 0 Å². The van der Waals surface area contributed by atoms with Crippen LogP contribution in [0.25, 0.3) is 0 Å². The molecule has 0 heterocycles. The average molecular weight is 211 g/mol. The van der Waals surface area contributed by atoms with Crippen LogP contribution < -0.4 is 5.73 Å². The largest absolute Gasteiger partial charge is 0.325 e. The summed E-state index contributed by atoms with van der Waals surface area (Å²) in [5.74, 6) is 0. The van der Waals surface area contributed by atoms with E-state index in [-0.39, 0.29) is 5.54 Å². The lowest BCUT2D eigenvalue weighted by Gasteiger charge is -2.38. The maximum atomic E-state index is 6.46. The van der Waals surface area contributed by atoms with Crippen LogP contribution in [0.15, 0.2) is 0 Å². The van der Waals surface area contributed by atoms with Crippen LogP contribution in [0.2, 0.25) is 0 Å². The summed E-state index contributed by atoms with van der Waals surface area (Å²) in [6.07, 6.45) is 7.60. The van der Waals surface area contributed by atoms with E-state index in [2.05, 4.69) is 34.6 Å². The molecule has 1 heteroatoms. The molecule has 0 aliphatic heterocycles. The third kappa shape index (κ3) is 4.55. The second-order valence-corrected chi connectivity index (χ2v) is 7.65. The van der Waals surface area contributed by atoms with Crippen LogP contribution in [0.5, 0.6) is 0 Å². The van der Waals surface area contributed by atoms with Gasteiger partial charge in [0.25, 0.3) is 0 Å². The summed E-state index contributed by atoms with van der Waals surface area (Å²) in [5, 5.41) is 0. The van der Waals surface area contributed by atoms with Crippen molar-refractivity contribution in [3.8, 4) is 0 Å². The lowest BCUT2D eigenvalue weighted by molar-refractivity contribution is 0.157. The van der Waals surface area contributed by atoms with Crippen molar-refractivity contribution in [2.75, 3.05) is 0 Å². The van der Waals surface area contributed by atoms with Crippen molar-refractivity contribution in [3.63, 3.8) is 0 Å². The smallest absolute Gasteiger partial charge is 0.0159 e. The molecule has 0 atom stereocenters. The Labute approximate surface area is 95.8 Å². The highest BCUT2D eigenvalue weighted by molar-refractivity contribution is 4.94. The highest BCUT2D eigenvalue weighted by Gasteiger charge is 2.37. The molecule has 15 heavy (non-hydrogen) atoms. The standard InChI is InChI=1S/C14H29N/c1-12(2,3)10-13(4,5)11-14(15)8-6-7-9-14/h6-11,15H2,1-5H3. The minimum absolute atomic E-state index is 0.148. The molecule has 2 N–H and O–H groups in total. The molecule has 0 saturated heterocycles. The average Bonchev–Trinajstić information content (AvgIpc) is 2.27. The third-order valence-corrected chi connectivity index (χ3v) is 3.44. The minimum atomic E-state index is 0.148. The van der Waals surface area contributed by atoms with Crippen molar-refractivity contribution >= 4 is 0 Å². The van der Waals surface area contributed by atoms with E-state index in [1.807, 2.05) is 0 Å². The number of hydrogen-bond acceptors (Lipinski definition) is 1. The zero-order valence-electron chi connectivity index (χ0n) is 11.3. The van der Waals surface area contributed by atoms with Crippen LogP contribution in [0, 0.1) is 10.8 Å². The fourth-order valence-electron chi connectivity index (χ4n) is 3.71. The third-order valence-electron chi connectivity index (χ3n) is 3.44. The zero-order chi connectivity index (χ0) is 11.7. The van der Waals surface area contributed by atoms with Gasteiger partial charge in [-0.3, -0.25) is 0 Å². The molecule has 0 spiro atoms. The fraction of sp³-hybridized carbons (Fsp3) is 1.00. The molecule has 0 unspecified atom stereocenters. The molecule has 0 aromatic carbocycles. The van der Waals surface area contributed by atoms with E-state index in [4.69, 9.17) is 5.73 Å². The van der Waals surface area contributed by atoms with Gasteiger partial charge in [-0.15, -0.1) is 0 Å². The lowest BCUT2D eigenvalue weighted by Crippen LogP contribution is -2.41. The Morgan fingerprint density at radius 2 is 1.47 bits per heavy atom. The van der Waals surface area contributed by atoms with Gasteiger partial charge in [0.15, 0.2) is 0 Å². The van der Waals surface area contributed by atoms with Gasteiger partial charge in [-0.25, -0.2) is 0 Å². The summed E-state index contributed by atoms with van der Waals surface area (Å²) in [6, 6.07) is 0. The normalized spacial score (nSPS) is 22.0. The first-order valence-electron chi connectivity index (χ1n) is 6.41. The topological polar surface area (TPSA) is 26.0 Å². The van der Waals surface area contributed by atoms with E-state index >= 15 is 0 Å². The molecule has 0 radical (unpaired) electrons. The maximum absolute atomic E-state index is 6.46.